The number of hydrogen-bond acceptors (Lipinski definition) is 5. The lowest BCUT2D eigenvalue weighted by Crippen LogP contribution is -2.45. The molecule has 1 N–H and O–H groups in total. The van der Waals surface area contributed by atoms with Gasteiger partial charge in [-0.05, 0) is 53.4 Å². The molecule has 1 saturated heterocycles. The maximum absolute atomic E-state index is 12.2. The molecule has 2 atom stereocenters. The zero-order valence-electron chi connectivity index (χ0n) is 14.9. The number of aromatic nitrogens is 1. The van der Waals surface area contributed by atoms with Crippen molar-refractivity contribution in [3.8, 4) is 0 Å². The van der Waals surface area contributed by atoms with E-state index in [-0.39, 0.29) is 6.09 Å². The lowest BCUT2D eigenvalue weighted by molar-refractivity contribution is 0.0165. The number of rotatable bonds is 4. The van der Waals surface area contributed by atoms with E-state index in [1.54, 1.807) is 11.3 Å². The van der Waals surface area contributed by atoms with E-state index in [0.717, 1.165) is 37.5 Å². The molecule has 0 aromatic carbocycles. The molecule has 1 aliphatic heterocycles. The van der Waals surface area contributed by atoms with Gasteiger partial charge in [0.1, 0.15) is 5.60 Å². The Kier molecular flexibility index (Phi) is 6.03. The SMILES string of the molecule is Cc1ncc(C(C)NCC2CCCN(C(=O)OC(C)(C)C)C2)s1. The summed E-state index contributed by atoms with van der Waals surface area (Å²) in [6.07, 6.45) is 3.96. The van der Waals surface area contributed by atoms with Crippen LogP contribution in [0.5, 0.6) is 0 Å². The molecule has 130 valence electrons. The van der Waals surface area contributed by atoms with Crippen molar-refractivity contribution in [2.75, 3.05) is 19.6 Å². The second-order valence-corrected chi connectivity index (χ2v) is 8.61. The number of carbonyl (C=O) groups excluding carboxylic acids is 1. The van der Waals surface area contributed by atoms with Crippen molar-refractivity contribution in [2.45, 2.75) is 59.1 Å². The Morgan fingerprint density at radius 3 is 2.91 bits per heavy atom. The third-order valence-corrected chi connectivity index (χ3v) is 5.04. The third-order valence-electron chi connectivity index (χ3n) is 3.95. The van der Waals surface area contributed by atoms with Crippen molar-refractivity contribution in [3.63, 3.8) is 0 Å². The van der Waals surface area contributed by atoms with Crippen LogP contribution >= 0.6 is 11.3 Å². The third kappa shape index (κ3) is 5.77. The first-order chi connectivity index (χ1) is 10.7. The molecule has 2 heterocycles. The quantitative estimate of drug-likeness (QED) is 0.908. The normalized spacial score (nSPS) is 20.4. The predicted octanol–water partition coefficient (Wildman–Crippen LogP) is 3.75. The second kappa shape index (κ2) is 7.62. The van der Waals surface area contributed by atoms with E-state index < -0.39 is 5.60 Å². The summed E-state index contributed by atoms with van der Waals surface area (Å²) in [5.74, 6) is 0.479. The molecule has 1 aromatic rings. The summed E-state index contributed by atoms with van der Waals surface area (Å²) in [5.41, 5.74) is -0.430. The Balaban J connectivity index is 1.81. The topological polar surface area (TPSA) is 54.5 Å². The summed E-state index contributed by atoms with van der Waals surface area (Å²) in [6, 6.07) is 0.304. The van der Waals surface area contributed by atoms with E-state index >= 15 is 0 Å². The number of ether oxygens (including phenoxy) is 1. The summed E-state index contributed by atoms with van der Waals surface area (Å²) < 4.78 is 5.48. The molecule has 6 heteroatoms. The minimum absolute atomic E-state index is 0.187. The lowest BCUT2D eigenvalue weighted by atomic mass is 9.98. The van der Waals surface area contributed by atoms with Crippen molar-refractivity contribution in [1.29, 1.82) is 0 Å². The second-order valence-electron chi connectivity index (χ2n) is 7.35. The van der Waals surface area contributed by atoms with Gasteiger partial charge in [0.25, 0.3) is 0 Å². The summed E-state index contributed by atoms with van der Waals surface area (Å²) in [5, 5.41) is 4.68. The number of amides is 1. The molecule has 0 saturated carbocycles. The molecule has 23 heavy (non-hydrogen) atoms. The Bertz CT molecular complexity index is 524. The van der Waals surface area contributed by atoms with Crippen LogP contribution in [0, 0.1) is 12.8 Å². The average Bonchev–Trinajstić information content (AvgIpc) is 2.90. The molecule has 1 aromatic heterocycles. The van der Waals surface area contributed by atoms with Crippen molar-refractivity contribution < 1.29 is 9.53 Å². The highest BCUT2D eigenvalue weighted by molar-refractivity contribution is 7.11. The fourth-order valence-electron chi connectivity index (χ4n) is 2.75. The van der Waals surface area contributed by atoms with E-state index in [2.05, 4.69) is 17.2 Å². The van der Waals surface area contributed by atoms with Gasteiger partial charge in [0, 0.05) is 36.8 Å². The van der Waals surface area contributed by atoms with Crippen LogP contribution in [-0.4, -0.2) is 41.2 Å². The van der Waals surface area contributed by atoms with Gasteiger partial charge in [-0.15, -0.1) is 11.3 Å². The van der Waals surface area contributed by atoms with Crippen LogP contribution in [0.15, 0.2) is 6.20 Å². The highest BCUT2D eigenvalue weighted by Gasteiger charge is 2.27. The Labute approximate surface area is 143 Å². The lowest BCUT2D eigenvalue weighted by Gasteiger charge is -2.34. The van der Waals surface area contributed by atoms with Crippen molar-refractivity contribution in [1.82, 2.24) is 15.2 Å². The maximum atomic E-state index is 12.2. The minimum atomic E-state index is -0.430. The van der Waals surface area contributed by atoms with Gasteiger partial charge < -0.3 is 15.0 Å². The van der Waals surface area contributed by atoms with E-state index in [4.69, 9.17) is 4.74 Å². The predicted molar refractivity (Wildman–Crippen MR) is 93.8 cm³/mol. The average molecular weight is 340 g/mol. The molecular formula is C17H29N3O2S. The molecule has 2 rings (SSSR count). The van der Waals surface area contributed by atoms with Gasteiger partial charge in [-0.25, -0.2) is 9.78 Å². The van der Waals surface area contributed by atoms with Crippen LogP contribution in [0.3, 0.4) is 0 Å². The highest BCUT2D eigenvalue weighted by atomic mass is 32.1. The molecule has 0 radical (unpaired) electrons. The van der Waals surface area contributed by atoms with Gasteiger partial charge in [-0.1, -0.05) is 0 Å². The number of nitrogens with zero attached hydrogens (tertiary/aromatic N) is 2. The van der Waals surface area contributed by atoms with Crippen LogP contribution < -0.4 is 5.32 Å². The van der Waals surface area contributed by atoms with Gasteiger partial charge in [0.15, 0.2) is 0 Å². The van der Waals surface area contributed by atoms with Crippen molar-refractivity contribution >= 4 is 17.4 Å². The van der Waals surface area contributed by atoms with E-state index in [1.165, 1.54) is 4.88 Å². The highest BCUT2D eigenvalue weighted by Crippen LogP contribution is 2.22. The number of likely N-dealkylation sites (tertiary alicyclic amines) is 1. The van der Waals surface area contributed by atoms with Crippen LogP contribution in [0.4, 0.5) is 4.79 Å². The first-order valence-electron chi connectivity index (χ1n) is 8.38. The minimum Gasteiger partial charge on any atom is -0.444 e. The molecule has 1 fully saturated rings. The Morgan fingerprint density at radius 1 is 1.57 bits per heavy atom. The Hall–Kier alpha value is -1.14. The summed E-state index contributed by atoms with van der Waals surface area (Å²) in [4.78, 5) is 19.6. The number of nitrogens with one attached hydrogen (secondary N) is 1. The number of aryl methyl sites for hydroxylation is 1. The largest absolute Gasteiger partial charge is 0.444 e. The van der Waals surface area contributed by atoms with Gasteiger partial charge >= 0.3 is 6.09 Å². The summed E-state index contributed by atoms with van der Waals surface area (Å²) in [6.45, 7) is 12.4. The number of carbonyl (C=O) groups is 1. The monoisotopic (exact) mass is 339 g/mol. The smallest absolute Gasteiger partial charge is 0.410 e. The standard InChI is InChI=1S/C17H29N3O2S/c1-12(15-10-19-13(2)23-15)18-9-14-7-6-8-20(11-14)16(21)22-17(3,4)5/h10,12,14,18H,6-9,11H2,1-5H3. The molecule has 0 spiro atoms. The van der Waals surface area contributed by atoms with Crippen LogP contribution in [-0.2, 0) is 4.74 Å². The first kappa shape index (κ1) is 18.2. The molecular weight excluding hydrogens is 310 g/mol. The van der Waals surface area contributed by atoms with Gasteiger partial charge in [0.05, 0.1) is 5.01 Å². The molecule has 5 nitrogen and oxygen atoms in total. The van der Waals surface area contributed by atoms with Crippen LogP contribution in [0.25, 0.3) is 0 Å². The van der Waals surface area contributed by atoms with Gasteiger partial charge in [0.2, 0.25) is 0 Å². The molecule has 0 bridgehead atoms. The van der Waals surface area contributed by atoms with Crippen molar-refractivity contribution in [3.05, 3.63) is 16.1 Å². The summed E-state index contributed by atoms with van der Waals surface area (Å²) >= 11 is 1.74. The fraction of sp³-hybridized carbons (Fsp3) is 0.765. The molecule has 2 unspecified atom stereocenters. The maximum Gasteiger partial charge on any atom is 0.410 e. The number of thiazole rings is 1. The zero-order chi connectivity index (χ0) is 17.0. The van der Waals surface area contributed by atoms with E-state index in [9.17, 15) is 4.79 Å². The van der Waals surface area contributed by atoms with Gasteiger partial charge in [-0.2, -0.15) is 0 Å². The molecule has 0 aliphatic carbocycles. The number of piperidine rings is 1. The number of hydrogen-bond donors (Lipinski definition) is 1. The van der Waals surface area contributed by atoms with E-state index in [0.29, 0.717) is 12.0 Å². The van der Waals surface area contributed by atoms with Gasteiger partial charge in [-0.3, -0.25) is 0 Å². The summed E-state index contributed by atoms with van der Waals surface area (Å²) in [7, 11) is 0. The molecule has 1 amide bonds. The van der Waals surface area contributed by atoms with Crippen LogP contribution in [0.1, 0.15) is 56.5 Å². The van der Waals surface area contributed by atoms with E-state index in [1.807, 2.05) is 38.8 Å². The van der Waals surface area contributed by atoms with Crippen molar-refractivity contribution in [2.24, 2.45) is 5.92 Å². The Morgan fingerprint density at radius 2 is 2.30 bits per heavy atom. The first-order valence-corrected chi connectivity index (χ1v) is 9.20. The zero-order valence-corrected chi connectivity index (χ0v) is 15.7. The van der Waals surface area contributed by atoms with Crippen LogP contribution in [0.2, 0.25) is 0 Å². The molecule has 1 aliphatic rings. The fourth-order valence-corrected chi connectivity index (χ4v) is 3.56.